The topological polar surface area (TPSA) is 58.5 Å². The van der Waals surface area contributed by atoms with Crippen molar-refractivity contribution in [1.82, 2.24) is 15.6 Å². The molecule has 5 nitrogen and oxygen atoms in total. The molecule has 2 aromatic rings. The van der Waals surface area contributed by atoms with E-state index in [1.807, 2.05) is 38.1 Å². The number of aromatic nitrogens is 1. The van der Waals surface area contributed by atoms with Gasteiger partial charge in [0.1, 0.15) is 10.8 Å². The summed E-state index contributed by atoms with van der Waals surface area (Å²) in [6, 6.07) is 7.92. The van der Waals surface area contributed by atoms with Gasteiger partial charge in [-0.3, -0.25) is 0 Å². The molecule has 154 valence electrons. The molecule has 0 saturated heterocycles. The minimum atomic E-state index is -4.41. The molecule has 1 aromatic carbocycles. The predicted octanol–water partition coefficient (Wildman–Crippen LogP) is 4.38. The third kappa shape index (κ3) is 7.75. The summed E-state index contributed by atoms with van der Waals surface area (Å²) in [6.45, 7) is 6.04. The van der Waals surface area contributed by atoms with Gasteiger partial charge in [0.05, 0.1) is 13.2 Å². The van der Waals surface area contributed by atoms with Crippen molar-refractivity contribution in [2.45, 2.75) is 39.4 Å². The van der Waals surface area contributed by atoms with E-state index in [-0.39, 0.29) is 6.54 Å². The van der Waals surface area contributed by atoms with E-state index < -0.39 is 11.9 Å². The van der Waals surface area contributed by atoms with Crippen molar-refractivity contribution in [3.8, 4) is 5.75 Å². The Bertz CT molecular complexity index is 744. The van der Waals surface area contributed by atoms with Gasteiger partial charge in [-0.05, 0) is 38.8 Å². The van der Waals surface area contributed by atoms with Gasteiger partial charge < -0.3 is 15.4 Å². The van der Waals surface area contributed by atoms with Crippen LogP contribution in [0.1, 0.15) is 36.0 Å². The average Bonchev–Trinajstić information content (AvgIpc) is 3.13. The molecule has 2 N–H and O–H groups in total. The van der Waals surface area contributed by atoms with Gasteiger partial charge in [-0.25, -0.2) is 9.98 Å². The number of nitrogens with zero attached hydrogens (tertiary/aromatic N) is 2. The summed E-state index contributed by atoms with van der Waals surface area (Å²) < 4.78 is 43.4. The average molecular weight is 414 g/mol. The van der Waals surface area contributed by atoms with Crippen molar-refractivity contribution in [3.05, 3.63) is 45.9 Å². The molecule has 0 fully saturated rings. The summed E-state index contributed by atoms with van der Waals surface area (Å²) in [7, 11) is 0. The van der Waals surface area contributed by atoms with Gasteiger partial charge in [0.15, 0.2) is 11.7 Å². The van der Waals surface area contributed by atoms with Crippen LogP contribution in [-0.4, -0.2) is 30.6 Å². The highest BCUT2D eigenvalue weighted by Crippen LogP contribution is 2.30. The number of nitrogens with one attached hydrogen (secondary N) is 2. The Morgan fingerprint density at radius 2 is 1.93 bits per heavy atom. The molecular formula is C19H25F3N4OS. The lowest BCUT2D eigenvalue weighted by Gasteiger charge is -2.11. The first-order valence-corrected chi connectivity index (χ1v) is 9.99. The van der Waals surface area contributed by atoms with Crippen molar-refractivity contribution in [3.63, 3.8) is 0 Å². The second-order valence-corrected chi connectivity index (χ2v) is 7.06. The van der Waals surface area contributed by atoms with E-state index in [1.54, 1.807) is 0 Å². The maximum atomic E-state index is 12.6. The zero-order chi connectivity index (χ0) is 20.4. The smallest absolute Gasteiger partial charge is 0.434 e. The van der Waals surface area contributed by atoms with Gasteiger partial charge in [0.2, 0.25) is 0 Å². The standard InChI is InChI=1S/C19H25F3N4OS/c1-3-23-18(25-12-17-26-16(13-28-17)19(20,21)22)24-10-4-5-11-27-15-8-6-14(2)7-9-15/h6-9,13H,3-5,10-12H2,1-2H3,(H2,23,24,25). The molecule has 0 radical (unpaired) electrons. The summed E-state index contributed by atoms with van der Waals surface area (Å²) >= 11 is 0.960. The number of thiazole rings is 1. The highest BCUT2D eigenvalue weighted by Gasteiger charge is 2.33. The molecule has 2 rings (SSSR count). The normalized spacial score (nSPS) is 12.1. The van der Waals surface area contributed by atoms with E-state index in [9.17, 15) is 13.2 Å². The van der Waals surface area contributed by atoms with Gasteiger partial charge in [0, 0.05) is 18.5 Å². The van der Waals surface area contributed by atoms with Crippen molar-refractivity contribution in [2.75, 3.05) is 19.7 Å². The number of hydrogen-bond acceptors (Lipinski definition) is 4. The van der Waals surface area contributed by atoms with Crippen LogP contribution >= 0.6 is 11.3 Å². The van der Waals surface area contributed by atoms with Gasteiger partial charge in [0.25, 0.3) is 0 Å². The number of hydrogen-bond donors (Lipinski definition) is 2. The Morgan fingerprint density at radius 1 is 1.18 bits per heavy atom. The summed E-state index contributed by atoms with van der Waals surface area (Å²) in [5.74, 6) is 1.42. The highest BCUT2D eigenvalue weighted by atomic mass is 32.1. The zero-order valence-corrected chi connectivity index (χ0v) is 16.8. The lowest BCUT2D eigenvalue weighted by atomic mass is 10.2. The molecule has 1 aromatic heterocycles. The Morgan fingerprint density at radius 3 is 2.57 bits per heavy atom. The molecule has 28 heavy (non-hydrogen) atoms. The molecule has 0 saturated carbocycles. The third-order valence-electron chi connectivity index (χ3n) is 3.71. The van der Waals surface area contributed by atoms with Crippen molar-refractivity contribution in [2.24, 2.45) is 4.99 Å². The van der Waals surface area contributed by atoms with E-state index in [2.05, 4.69) is 20.6 Å². The van der Waals surface area contributed by atoms with Crippen LogP contribution in [0, 0.1) is 6.92 Å². The molecule has 0 spiro atoms. The largest absolute Gasteiger partial charge is 0.494 e. The predicted molar refractivity (Wildman–Crippen MR) is 106 cm³/mol. The van der Waals surface area contributed by atoms with Gasteiger partial charge in [-0.1, -0.05) is 17.7 Å². The van der Waals surface area contributed by atoms with Crippen LogP contribution in [0.3, 0.4) is 0 Å². The number of unbranched alkanes of at least 4 members (excludes halogenated alkanes) is 1. The third-order valence-corrected chi connectivity index (χ3v) is 4.55. The lowest BCUT2D eigenvalue weighted by molar-refractivity contribution is -0.140. The Labute approximate surface area is 167 Å². The molecule has 0 unspecified atom stereocenters. The van der Waals surface area contributed by atoms with Gasteiger partial charge in [-0.2, -0.15) is 13.2 Å². The fourth-order valence-electron chi connectivity index (χ4n) is 2.26. The Balaban J connectivity index is 1.70. The number of ether oxygens (including phenoxy) is 1. The van der Waals surface area contributed by atoms with Gasteiger partial charge in [-0.15, -0.1) is 11.3 Å². The molecule has 9 heteroatoms. The van der Waals surface area contributed by atoms with E-state index in [0.717, 1.165) is 35.3 Å². The van der Waals surface area contributed by atoms with Crippen LogP contribution in [0.2, 0.25) is 0 Å². The molecule has 0 aliphatic heterocycles. The molecule has 0 bridgehead atoms. The second kappa shape index (κ2) is 10.9. The van der Waals surface area contributed by atoms with Crippen LogP contribution in [-0.2, 0) is 12.7 Å². The monoisotopic (exact) mass is 414 g/mol. The summed E-state index contributed by atoms with van der Waals surface area (Å²) in [6.07, 6.45) is -2.66. The minimum absolute atomic E-state index is 0.104. The maximum Gasteiger partial charge on any atom is 0.434 e. The molecule has 0 amide bonds. The van der Waals surface area contributed by atoms with Crippen LogP contribution in [0.5, 0.6) is 5.75 Å². The number of benzene rings is 1. The van der Waals surface area contributed by atoms with Crippen molar-refractivity contribution < 1.29 is 17.9 Å². The van der Waals surface area contributed by atoms with Crippen LogP contribution in [0.15, 0.2) is 34.6 Å². The summed E-state index contributed by atoms with van der Waals surface area (Å²) in [5.41, 5.74) is 0.327. The Hall–Kier alpha value is -2.29. The number of rotatable bonds is 9. The summed E-state index contributed by atoms with van der Waals surface area (Å²) in [5, 5.41) is 7.59. The number of aliphatic imine (C=N–C) groups is 1. The molecular weight excluding hydrogens is 389 g/mol. The van der Waals surface area contributed by atoms with Gasteiger partial charge >= 0.3 is 6.18 Å². The number of alkyl halides is 3. The molecule has 1 heterocycles. The van der Waals surface area contributed by atoms with E-state index in [1.165, 1.54) is 5.56 Å². The van der Waals surface area contributed by atoms with Crippen LogP contribution < -0.4 is 15.4 Å². The van der Waals surface area contributed by atoms with Crippen molar-refractivity contribution >= 4 is 17.3 Å². The quantitative estimate of drug-likeness (QED) is 0.363. The number of guanidine groups is 1. The van der Waals surface area contributed by atoms with E-state index >= 15 is 0 Å². The zero-order valence-electron chi connectivity index (χ0n) is 16.0. The fraction of sp³-hybridized carbons (Fsp3) is 0.474. The van der Waals surface area contributed by atoms with Crippen molar-refractivity contribution in [1.29, 1.82) is 0 Å². The molecule has 0 aliphatic carbocycles. The first-order valence-electron chi connectivity index (χ1n) is 9.11. The highest BCUT2D eigenvalue weighted by molar-refractivity contribution is 7.09. The number of aryl methyl sites for hydroxylation is 1. The van der Waals surface area contributed by atoms with E-state index in [0.29, 0.717) is 30.7 Å². The fourth-order valence-corrected chi connectivity index (χ4v) is 2.98. The molecule has 0 aliphatic rings. The first kappa shape index (κ1) is 22.0. The van der Waals surface area contributed by atoms with Crippen LogP contribution in [0.4, 0.5) is 13.2 Å². The van der Waals surface area contributed by atoms with Crippen LogP contribution in [0.25, 0.3) is 0 Å². The SMILES string of the molecule is CCNC(=NCc1nc(C(F)(F)F)cs1)NCCCCOc1ccc(C)cc1. The minimum Gasteiger partial charge on any atom is -0.494 e. The Kier molecular flexibility index (Phi) is 8.56. The summed E-state index contributed by atoms with van der Waals surface area (Å²) in [4.78, 5) is 7.88. The molecule has 0 atom stereocenters. The maximum absolute atomic E-state index is 12.6. The second-order valence-electron chi connectivity index (χ2n) is 6.11. The number of halogens is 3. The lowest BCUT2D eigenvalue weighted by Crippen LogP contribution is -2.37. The first-order chi connectivity index (χ1) is 13.4. The van der Waals surface area contributed by atoms with E-state index in [4.69, 9.17) is 4.74 Å².